The molecule has 0 heterocycles. The zero-order valence-electron chi connectivity index (χ0n) is 10.2. The molecule has 3 heteroatoms. The summed E-state index contributed by atoms with van der Waals surface area (Å²) in [5.41, 5.74) is 0. The first-order valence-electron chi connectivity index (χ1n) is 5.98. The third kappa shape index (κ3) is 4.83. The number of ether oxygens (including phenoxy) is 1. The minimum absolute atomic E-state index is 0.725. The van der Waals surface area contributed by atoms with Gasteiger partial charge < -0.3 is 4.74 Å². The Bertz CT molecular complexity index is 173. The van der Waals surface area contributed by atoms with Gasteiger partial charge in [0.1, 0.15) is 0 Å². The monoisotopic (exact) mass is 277 g/mol. The Morgan fingerprint density at radius 1 is 1.40 bits per heavy atom. The predicted octanol–water partition coefficient (Wildman–Crippen LogP) is 2.76. The van der Waals surface area contributed by atoms with E-state index in [1.807, 2.05) is 0 Å². The first-order chi connectivity index (χ1) is 7.19. The summed E-state index contributed by atoms with van der Waals surface area (Å²) >= 11 is 3.56. The van der Waals surface area contributed by atoms with Crippen molar-refractivity contribution in [2.45, 2.75) is 32.7 Å². The maximum absolute atomic E-state index is 5.18. The largest absolute Gasteiger partial charge is 0.383 e. The fraction of sp³-hybridized carbons (Fsp3) is 1.00. The molecule has 0 radical (unpaired) electrons. The van der Waals surface area contributed by atoms with Gasteiger partial charge in [-0.1, -0.05) is 22.9 Å². The molecule has 15 heavy (non-hydrogen) atoms. The number of rotatable bonds is 8. The van der Waals surface area contributed by atoms with E-state index in [0.29, 0.717) is 0 Å². The summed E-state index contributed by atoms with van der Waals surface area (Å²) < 4.78 is 5.18. The average molecular weight is 278 g/mol. The van der Waals surface area contributed by atoms with Gasteiger partial charge in [0.2, 0.25) is 0 Å². The van der Waals surface area contributed by atoms with Gasteiger partial charge in [-0.15, -0.1) is 0 Å². The van der Waals surface area contributed by atoms with E-state index >= 15 is 0 Å². The molecule has 1 saturated carbocycles. The highest BCUT2D eigenvalue weighted by Gasteiger charge is 2.32. The van der Waals surface area contributed by atoms with Gasteiger partial charge in [-0.3, -0.25) is 4.90 Å². The molecule has 1 aliphatic rings. The van der Waals surface area contributed by atoms with Gasteiger partial charge in [-0.2, -0.15) is 0 Å². The number of hydrogen-bond acceptors (Lipinski definition) is 2. The van der Waals surface area contributed by atoms with E-state index in [1.54, 1.807) is 7.11 Å². The van der Waals surface area contributed by atoms with Crippen LogP contribution < -0.4 is 0 Å². The van der Waals surface area contributed by atoms with E-state index in [2.05, 4.69) is 34.7 Å². The Labute approximate surface area is 102 Å². The molecular formula is C12H24BrNO. The SMILES string of the molecule is COCCN(CC(C)CBr)C(C)C1CC1. The van der Waals surface area contributed by atoms with Crippen molar-refractivity contribution >= 4 is 15.9 Å². The molecule has 1 aliphatic carbocycles. The normalized spacial score (nSPS) is 20.6. The van der Waals surface area contributed by atoms with Crippen molar-refractivity contribution in [3.05, 3.63) is 0 Å². The van der Waals surface area contributed by atoms with Crippen molar-refractivity contribution in [3.63, 3.8) is 0 Å². The maximum Gasteiger partial charge on any atom is 0.0589 e. The number of methoxy groups -OCH3 is 1. The summed E-state index contributed by atoms with van der Waals surface area (Å²) in [4.78, 5) is 2.59. The van der Waals surface area contributed by atoms with Crippen molar-refractivity contribution in [1.29, 1.82) is 0 Å². The van der Waals surface area contributed by atoms with Gasteiger partial charge in [-0.05, 0) is 31.6 Å². The van der Waals surface area contributed by atoms with Crippen LogP contribution in [0.5, 0.6) is 0 Å². The van der Waals surface area contributed by atoms with E-state index in [4.69, 9.17) is 4.74 Å². The van der Waals surface area contributed by atoms with Gasteiger partial charge in [0.25, 0.3) is 0 Å². The number of nitrogens with zero attached hydrogens (tertiary/aromatic N) is 1. The average Bonchev–Trinajstić information content (AvgIpc) is 3.06. The van der Waals surface area contributed by atoms with Crippen LogP contribution in [0.15, 0.2) is 0 Å². The van der Waals surface area contributed by atoms with Crippen molar-refractivity contribution < 1.29 is 4.74 Å². The topological polar surface area (TPSA) is 12.5 Å². The summed E-state index contributed by atoms with van der Waals surface area (Å²) in [5.74, 6) is 1.67. The summed E-state index contributed by atoms with van der Waals surface area (Å²) in [6.45, 7) is 7.78. The summed E-state index contributed by atoms with van der Waals surface area (Å²) in [7, 11) is 1.79. The molecule has 0 bridgehead atoms. The van der Waals surface area contributed by atoms with E-state index in [1.165, 1.54) is 19.4 Å². The molecule has 0 N–H and O–H groups in total. The molecular weight excluding hydrogens is 254 g/mol. The second kappa shape index (κ2) is 6.87. The lowest BCUT2D eigenvalue weighted by molar-refractivity contribution is 0.108. The van der Waals surface area contributed by atoms with Crippen LogP contribution in [-0.2, 0) is 4.74 Å². The Morgan fingerprint density at radius 3 is 2.53 bits per heavy atom. The number of hydrogen-bond donors (Lipinski definition) is 0. The Morgan fingerprint density at radius 2 is 2.07 bits per heavy atom. The van der Waals surface area contributed by atoms with Crippen LogP contribution in [0.3, 0.4) is 0 Å². The van der Waals surface area contributed by atoms with E-state index < -0.39 is 0 Å². The molecule has 0 aromatic heterocycles. The second-order valence-corrected chi connectivity index (χ2v) is 5.47. The molecule has 1 fully saturated rings. The van der Waals surface area contributed by atoms with Gasteiger partial charge in [0.05, 0.1) is 6.61 Å². The first kappa shape index (κ1) is 13.5. The Balaban J connectivity index is 2.36. The molecule has 0 amide bonds. The molecule has 0 saturated heterocycles. The fourth-order valence-corrected chi connectivity index (χ4v) is 2.20. The molecule has 0 aliphatic heterocycles. The smallest absolute Gasteiger partial charge is 0.0589 e. The van der Waals surface area contributed by atoms with Crippen LogP contribution in [0.2, 0.25) is 0 Å². The van der Waals surface area contributed by atoms with Gasteiger partial charge >= 0.3 is 0 Å². The molecule has 2 nitrogen and oxygen atoms in total. The van der Waals surface area contributed by atoms with E-state index in [-0.39, 0.29) is 0 Å². The molecule has 2 atom stereocenters. The minimum Gasteiger partial charge on any atom is -0.383 e. The van der Waals surface area contributed by atoms with Crippen LogP contribution >= 0.6 is 15.9 Å². The summed E-state index contributed by atoms with van der Waals surface area (Å²) in [6.07, 6.45) is 2.85. The van der Waals surface area contributed by atoms with E-state index in [0.717, 1.165) is 36.4 Å². The van der Waals surface area contributed by atoms with Crippen LogP contribution in [0.4, 0.5) is 0 Å². The highest BCUT2D eigenvalue weighted by Crippen LogP contribution is 2.35. The second-order valence-electron chi connectivity index (χ2n) is 4.83. The lowest BCUT2D eigenvalue weighted by Gasteiger charge is -2.31. The Hall–Kier alpha value is 0.400. The number of alkyl halides is 1. The van der Waals surface area contributed by atoms with E-state index in [9.17, 15) is 0 Å². The standard InChI is InChI=1S/C12H24BrNO/c1-10(8-13)9-14(6-7-15-3)11(2)12-4-5-12/h10-12H,4-9H2,1-3H3. The fourth-order valence-electron chi connectivity index (χ4n) is 2.00. The third-order valence-electron chi connectivity index (χ3n) is 3.27. The molecule has 0 aromatic carbocycles. The quantitative estimate of drug-likeness (QED) is 0.633. The van der Waals surface area contributed by atoms with Crippen LogP contribution in [0.1, 0.15) is 26.7 Å². The van der Waals surface area contributed by atoms with Crippen molar-refractivity contribution in [2.75, 3.05) is 32.1 Å². The minimum atomic E-state index is 0.725. The molecule has 1 rings (SSSR count). The Kier molecular flexibility index (Phi) is 6.17. The zero-order chi connectivity index (χ0) is 11.3. The molecule has 90 valence electrons. The lowest BCUT2D eigenvalue weighted by atomic mass is 10.1. The first-order valence-corrected chi connectivity index (χ1v) is 7.10. The number of halogens is 1. The van der Waals surface area contributed by atoms with Crippen LogP contribution in [0, 0.1) is 11.8 Å². The van der Waals surface area contributed by atoms with Gasteiger partial charge in [0, 0.05) is 31.6 Å². The lowest BCUT2D eigenvalue weighted by Crippen LogP contribution is -2.40. The highest BCUT2D eigenvalue weighted by molar-refractivity contribution is 9.09. The molecule has 0 spiro atoms. The highest BCUT2D eigenvalue weighted by atomic mass is 79.9. The summed E-state index contributed by atoms with van der Waals surface area (Å²) in [5, 5.41) is 1.09. The van der Waals surface area contributed by atoms with Crippen LogP contribution in [0.25, 0.3) is 0 Å². The van der Waals surface area contributed by atoms with Gasteiger partial charge in [-0.25, -0.2) is 0 Å². The zero-order valence-corrected chi connectivity index (χ0v) is 11.8. The third-order valence-corrected chi connectivity index (χ3v) is 4.38. The van der Waals surface area contributed by atoms with Crippen molar-refractivity contribution in [1.82, 2.24) is 4.90 Å². The predicted molar refractivity (Wildman–Crippen MR) is 68.6 cm³/mol. The maximum atomic E-state index is 5.18. The molecule has 0 aromatic rings. The van der Waals surface area contributed by atoms with Gasteiger partial charge in [0.15, 0.2) is 0 Å². The van der Waals surface area contributed by atoms with Crippen LogP contribution in [-0.4, -0.2) is 43.1 Å². The molecule has 2 unspecified atom stereocenters. The van der Waals surface area contributed by atoms with Crippen molar-refractivity contribution in [3.8, 4) is 0 Å². The van der Waals surface area contributed by atoms with Crippen molar-refractivity contribution in [2.24, 2.45) is 11.8 Å². The summed E-state index contributed by atoms with van der Waals surface area (Å²) in [6, 6.07) is 0.738.